The number of aliphatic hydroxyl groups excluding tert-OH is 2. The number of nitrogens with two attached hydrogens (primary N) is 1. The molecule has 178 valence electrons. The minimum absolute atomic E-state index is 0.127. The van der Waals surface area contributed by atoms with Gasteiger partial charge in [-0.1, -0.05) is 12.1 Å². The third-order valence-electron chi connectivity index (χ3n) is 5.33. The number of nitrogens with one attached hydrogen (secondary N) is 1. The van der Waals surface area contributed by atoms with Crippen molar-refractivity contribution in [3.05, 3.63) is 64.7 Å². The van der Waals surface area contributed by atoms with Gasteiger partial charge in [0, 0.05) is 18.1 Å². The van der Waals surface area contributed by atoms with Gasteiger partial charge in [-0.3, -0.25) is 9.83 Å². The van der Waals surface area contributed by atoms with Crippen molar-refractivity contribution in [2.75, 3.05) is 26.1 Å². The van der Waals surface area contributed by atoms with Crippen LogP contribution in [0, 0.1) is 12.7 Å². The Morgan fingerprint density at radius 2 is 2.06 bits per heavy atom. The minimum Gasteiger partial charge on any atom is -0.481 e. The van der Waals surface area contributed by atoms with Gasteiger partial charge < -0.3 is 20.7 Å². The van der Waals surface area contributed by atoms with E-state index in [1.165, 1.54) is 19.2 Å². The van der Waals surface area contributed by atoms with E-state index in [9.17, 15) is 9.50 Å². The molecule has 34 heavy (non-hydrogen) atoms. The minimum atomic E-state index is -1.06. The van der Waals surface area contributed by atoms with Crippen molar-refractivity contribution in [3.63, 3.8) is 0 Å². The maximum atomic E-state index is 14.3. The van der Waals surface area contributed by atoms with E-state index in [1.807, 2.05) is 0 Å². The second-order valence-electron chi connectivity index (χ2n) is 7.73. The number of benzene rings is 1. The van der Waals surface area contributed by atoms with Crippen molar-refractivity contribution in [1.82, 2.24) is 20.4 Å². The number of halogens is 1. The number of anilines is 1. The molecule has 2 atom stereocenters. The number of hydroxylamine groups is 1. The third kappa shape index (κ3) is 4.96. The van der Waals surface area contributed by atoms with Gasteiger partial charge in [0.2, 0.25) is 11.8 Å². The van der Waals surface area contributed by atoms with Crippen LogP contribution in [0.15, 0.2) is 41.4 Å². The summed E-state index contributed by atoms with van der Waals surface area (Å²) in [6, 6.07) is 9.22. The van der Waals surface area contributed by atoms with Crippen molar-refractivity contribution >= 4 is 11.8 Å². The van der Waals surface area contributed by atoms with Crippen LogP contribution in [0.2, 0.25) is 0 Å². The van der Waals surface area contributed by atoms with Crippen molar-refractivity contribution in [3.8, 4) is 17.1 Å². The summed E-state index contributed by atoms with van der Waals surface area (Å²) in [6.45, 7) is 1.17. The highest BCUT2D eigenvalue weighted by Gasteiger charge is 2.28. The number of aliphatic imine (C=N–C) groups is 1. The van der Waals surface area contributed by atoms with Crippen LogP contribution in [0.3, 0.4) is 0 Å². The lowest BCUT2D eigenvalue weighted by atomic mass is 9.91. The van der Waals surface area contributed by atoms with E-state index in [1.54, 1.807) is 31.2 Å². The molecule has 1 aliphatic rings. The number of ether oxygens (including phenoxy) is 1. The molecule has 0 saturated carbocycles. The number of fused-ring (bicyclic) bond motifs is 1. The molecule has 5 N–H and O–H groups in total. The molecule has 0 saturated heterocycles. The summed E-state index contributed by atoms with van der Waals surface area (Å²) in [6.07, 6.45) is -0.672. The van der Waals surface area contributed by atoms with Gasteiger partial charge in [0.25, 0.3) is 0 Å². The van der Waals surface area contributed by atoms with Crippen molar-refractivity contribution in [2.45, 2.75) is 25.5 Å². The monoisotopic (exact) mass is 468 g/mol. The summed E-state index contributed by atoms with van der Waals surface area (Å²) in [5.41, 5.74) is 12.3. The predicted octanol–water partition coefficient (Wildman–Crippen LogP) is 1.50. The fraction of sp³-hybridized carbons (Fsp3) is 0.304. The van der Waals surface area contributed by atoms with E-state index >= 15 is 0 Å². The second kappa shape index (κ2) is 10.1. The van der Waals surface area contributed by atoms with Gasteiger partial charge in [-0.05, 0) is 30.7 Å². The number of hydrogen-bond acceptors (Lipinski definition) is 10. The number of amidine groups is 1. The molecule has 1 aliphatic heterocycles. The van der Waals surface area contributed by atoms with Gasteiger partial charge in [0.05, 0.1) is 42.4 Å². The molecule has 0 aliphatic carbocycles. The Labute approximate surface area is 195 Å². The number of nitrogen functional groups attached to an aromatic ring is 1. The van der Waals surface area contributed by atoms with E-state index in [2.05, 4.69) is 20.4 Å². The lowest BCUT2D eigenvalue weighted by molar-refractivity contribution is -0.0160. The fourth-order valence-electron chi connectivity index (χ4n) is 3.80. The zero-order valence-corrected chi connectivity index (χ0v) is 18.7. The number of aliphatic hydroxyl groups is 2. The lowest BCUT2D eigenvalue weighted by Gasteiger charge is -2.26. The molecule has 4 rings (SSSR count). The Balaban J connectivity index is 1.77. The Bertz CT molecular complexity index is 1220. The van der Waals surface area contributed by atoms with Gasteiger partial charge in [0.1, 0.15) is 18.5 Å². The van der Waals surface area contributed by atoms with Crippen LogP contribution in [0.5, 0.6) is 5.88 Å². The quantitative estimate of drug-likeness (QED) is 0.379. The topological polar surface area (TPSA) is 148 Å². The molecule has 11 heteroatoms. The van der Waals surface area contributed by atoms with Gasteiger partial charge in [-0.2, -0.15) is 0 Å². The largest absolute Gasteiger partial charge is 0.481 e. The normalized spacial score (nSPS) is 15.9. The van der Waals surface area contributed by atoms with Gasteiger partial charge in [0.15, 0.2) is 5.84 Å². The summed E-state index contributed by atoms with van der Waals surface area (Å²) < 4.78 is 19.5. The Hall–Kier alpha value is -3.67. The number of rotatable bonds is 7. The van der Waals surface area contributed by atoms with Gasteiger partial charge in [-0.15, -0.1) is 0 Å². The zero-order chi connectivity index (χ0) is 24.2. The van der Waals surface area contributed by atoms with Crippen molar-refractivity contribution in [1.29, 1.82) is 0 Å². The molecular formula is C23H25FN6O4. The highest BCUT2D eigenvalue weighted by molar-refractivity contribution is 6.01. The summed E-state index contributed by atoms with van der Waals surface area (Å²) in [5.74, 6) is 0.453. The smallest absolute Gasteiger partial charge is 0.220 e. The first-order valence-electron chi connectivity index (χ1n) is 10.6. The molecule has 2 aromatic heterocycles. The lowest BCUT2D eigenvalue weighted by Crippen LogP contribution is -2.34. The summed E-state index contributed by atoms with van der Waals surface area (Å²) >= 11 is 0. The first kappa shape index (κ1) is 23.5. The van der Waals surface area contributed by atoms with Crippen LogP contribution < -0.4 is 16.0 Å². The Morgan fingerprint density at radius 3 is 2.82 bits per heavy atom. The molecule has 3 heterocycles. The average Bonchev–Trinajstić information content (AvgIpc) is 2.83. The van der Waals surface area contributed by atoms with E-state index in [4.69, 9.17) is 25.4 Å². The molecule has 10 nitrogen and oxygen atoms in total. The predicted molar refractivity (Wildman–Crippen MR) is 123 cm³/mol. The van der Waals surface area contributed by atoms with E-state index in [0.717, 1.165) is 5.56 Å². The molecule has 0 unspecified atom stereocenters. The fourth-order valence-corrected chi connectivity index (χ4v) is 3.80. The van der Waals surface area contributed by atoms with Crippen LogP contribution >= 0.6 is 0 Å². The summed E-state index contributed by atoms with van der Waals surface area (Å²) in [7, 11) is 1.51. The van der Waals surface area contributed by atoms with E-state index in [0.29, 0.717) is 46.3 Å². The number of aryl methyl sites for hydroxylation is 1. The maximum Gasteiger partial charge on any atom is 0.220 e. The molecule has 0 radical (unpaired) electrons. The molecule has 1 aromatic carbocycles. The Morgan fingerprint density at radius 1 is 1.24 bits per heavy atom. The molecule has 3 aromatic rings. The Kier molecular flexibility index (Phi) is 6.96. The highest BCUT2D eigenvalue weighted by Crippen LogP contribution is 2.36. The van der Waals surface area contributed by atoms with Crippen molar-refractivity contribution in [2.24, 2.45) is 4.99 Å². The molecule has 0 spiro atoms. The number of aromatic nitrogens is 3. The third-order valence-corrected chi connectivity index (χ3v) is 5.33. The first-order valence-corrected chi connectivity index (χ1v) is 10.6. The van der Waals surface area contributed by atoms with Crippen LogP contribution in [0.25, 0.3) is 11.3 Å². The average molecular weight is 468 g/mol. The molecular weight excluding hydrogens is 443 g/mol. The van der Waals surface area contributed by atoms with Gasteiger partial charge in [-0.25, -0.2) is 24.8 Å². The van der Waals surface area contributed by atoms with Crippen LogP contribution in [-0.4, -0.2) is 57.4 Å². The van der Waals surface area contributed by atoms with Gasteiger partial charge >= 0.3 is 0 Å². The van der Waals surface area contributed by atoms with Crippen LogP contribution in [0.1, 0.15) is 28.6 Å². The van der Waals surface area contributed by atoms with E-state index in [-0.39, 0.29) is 12.6 Å². The number of hydrogen-bond donors (Lipinski definition) is 4. The molecule has 0 fully saturated rings. The number of methoxy groups -OCH3 is 1. The highest BCUT2D eigenvalue weighted by atomic mass is 19.1. The summed E-state index contributed by atoms with van der Waals surface area (Å²) in [5, 5.41) is 18.6. The number of nitrogens with zero attached hydrogens (tertiary/aromatic N) is 4. The first-order chi connectivity index (χ1) is 16.4. The van der Waals surface area contributed by atoms with Crippen molar-refractivity contribution < 1.29 is 24.2 Å². The van der Waals surface area contributed by atoms with Crippen LogP contribution in [0.4, 0.5) is 10.3 Å². The zero-order valence-electron chi connectivity index (χ0n) is 18.7. The maximum absolute atomic E-state index is 14.3. The standard InChI is InChI=1S/C23H25FN6O4/c1-12-21-19(29-23(25)26-12)9-18(28-22(21)30-34-11-14(32)10-31)15-7-6-13(24)8-16(15)17-4-3-5-20(27-17)33-2/h3-8,14,18,31-32H,9-11H2,1-2H3,(H,28,30)(H2,25,26,29)/t14-,18-/m1/s1. The van der Waals surface area contributed by atoms with E-state index < -0.39 is 24.6 Å². The van der Waals surface area contributed by atoms with Crippen LogP contribution in [-0.2, 0) is 11.3 Å². The SMILES string of the molecule is COc1cccc(-c2cc(F)ccc2[C@H]2Cc3nc(N)nc(C)c3C(NOC[C@H](O)CO)=N2)n1. The molecule has 0 amide bonds. The number of pyridine rings is 1. The summed E-state index contributed by atoms with van der Waals surface area (Å²) in [4.78, 5) is 23.2. The molecule has 0 bridgehead atoms. The second-order valence-corrected chi connectivity index (χ2v) is 7.73.